The summed E-state index contributed by atoms with van der Waals surface area (Å²) in [5.74, 6) is -0.916. The molecule has 1 atom stereocenters. The predicted molar refractivity (Wildman–Crippen MR) is 73.7 cm³/mol. The second-order valence-corrected chi connectivity index (χ2v) is 4.94. The fourth-order valence-corrected chi connectivity index (χ4v) is 2.24. The number of hydrogen-bond acceptors (Lipinski definition) is 3. The normalized spacial score (nSPS) is 17.9. The smallest absolute Gasteiger partial charge is 0.335 e. The highest BCUT2D eigenvalue weighted by Crippen LogP contribution is 2.14. The number of nitrogens with one attached hydrogen (secondary N) is 1. The average molecular weight is 277 g/mol. The molecule has 1 aliphatic heterocycles. The topological polar surface area (TPSA) is 75.6 Å². The summed E-state index contributed by atoms with van der Waals surface area (Å²) in [5.41, 5.74) is 1.28. The van der Waals surface area contributed by atoms with Gasteiger partial charge in [0.2, 0.25) is 5.91 Å². The number of carbonyl (C=O) groups excluding carboxylic acids is 1. The molecule has 0 aliphatic carbocycles. The van der Waals surface area contributed by atoms with Gasteiger partial charge in [-0.25, -0.2) is 4.79 Å². The molecule has 1 unspecified atom stereocenters. The van der Waals surface area contributed by atoms with E-state index in [0.717, 1.165) is 25.0 Å². The Balaban J connectivity index is 1.69. The molecule has 0 bridgehead atoms. The maximum atomic E-state index is 11.7. The van der Waals surface area contributed by atoms with Crippen molar-refractivity contribution in [2.75, 3.05) is 13.2 Å². The molecule has 0 radical (unpaired) electrons. The van der Waals surface area contributed by atoms with Crippen molar-refractivity contribution in [3.63, 3.8) is 0 Å². The van der Waals surface area contributed by atoms with Crippen molar-refractivity contribution in [1.82, 2.24) is 5.32 Å². The van der Waals surface area contributed by atoms with Crippen LogP contribution in [0, 0.1) is 0 Å². The summed E-state index contributed by atoms with van der Waals surface area (Å²) >= 11 is 0. The Bertz CT molecular complexity index is 463. The second-order valence-electron chi connectivity index (χ2n) is 4.94. The Morgan fingerprint density at radius 3 is 2.65 bits per heavy atom. The highest BCUT2D eigenvalue weighted by atomic mass is 16.5. The standard InChI is InChI=1S/C15H19NO4/c17-14(10-13-2-1-9-20-13)16-8-7-11-3-5-12(6-4-11)15(18)19/h3-6,13H,1-2,7-10H2,(H,16,17)(H,18,19). The third-order valence-electron chi connectivity index (χ3n) is 3.37. The summed E-state index contributed by atoms with van der Waals surface area (Å²) in [5, 5.41) is 11.7. The van der Waals surface area contributed by atoms with E-state index in [1.54, 1.807) is 24.3 Å². The minimum absolute atomic E-state index is 0.0130. The minimum Gasteiger partial charge on any atom is -0.478 e. The number of carboxylic acids is 1. The molecule has 1 fully saturated rings. The van der Waals surface area contributed by atoms with Crippen molar-refractivity contribution in [1.29, 1.82) is 0 Å². The van der Waals surface area contributed by atoms with Gasteiger partial charge in [-0.1, -0.05) is 12.1 Å². The van der Waals surface area contributed by atoms with E-state index in [1.165, 1.54) is 0 Å². The Kier molecular flexibility index (Phi) is 5.12. The van der Waals surface area contributed by atoms with Gasteiger partial charge in [0.15, 0.2) is 0 Å². The van der Waals surface area contributed by atoms with Crippen LogP contribution < -0.4 is 5.32 Å². The first-order valence-corrected chi connectivity index (χ1v) is 6.85. The van der Waals surface area contributed by atoms with Gasteiger partial charge in [-0.2, -0.15) is 0 Å². The van der Waals surface area contributed by atoms with E-state index in [9.17, 15) is 9.59 Å². The van der Waals surface area contributed by atoms with Crippen molar-refractivity contribution in [3.8, 4) is 0 Å². The van der Waals surface area contributed by atoms with Crippen molar-refractivity contribution in [2.24, 2.45) is 0 Å². The molecule has 2 N–H and O–H groups in total. The molecular weight excluding hydrogens is 258 g/mol. The Morgan fingerprint density at radius 2 is 2.05 bits per heavy atom. The van der Waals surface area contributed by atoms with Gasteiger partial charge < -0.3 is 15.2 Å². The fraction of sp³-hybridized carbons (Fsp3) is 0.467. The van der Waals surface area contributed by atoms with Crippen LogP contribution in [0.1, 0.15) is 35.2 Å². The van der Waals surface area contributed by atoms with Crippen molar-refractivity contribution >= 4 is 11.9 Å². The summed E-state index contributed by atoms with van der Waals surface area (Å²) in [6.07, 6.45) is 3.19. The molecule has 0 spiro atoms. The molecule has 0 saturated carbocycles. The maximum absolute atomic E-state index is 11.7. The van der Waals surface area contributed by atoms with E-state index in [2.05, 4.69) is 5.32 Å². The van der Waals surface area contributed by atoms with Crippen LogP contribution in [0.15, 0.2) is 24.3 Å². The predicted octanol–water partition coefficient (Wildman–Crippen LogP) is 1.61. The number of rotatable bonds is 6. The van der Waals surface area contributed by atoms with Crippen LogP contribution in [-0.2, 0) is 16.0 Å². The number of carboxylic acid groups (broad SMARTS) is 1. The molecule has 5 heteroatoms. The second kappa shape index (κ2) is 7.05. The summed E-state index contributed by atoms with van der Waals surface area (Å²) in [6, 6.07) is 6.70. The number of hydrogen-bond donors (Lipinski definition) is 2. The van der Waals surface area contributed by atoms with Crippen LogP contribution in [0.5, 0.6) is 0 Å². The SMILES string of the molecule is O=C(CC1CCCO1)NCCc1ccc(C(=O)O)cc1. The molecule has 108 valence electrons. The zero-order valence-electron chi connectivity index (χ0n) is 11.3. The molecule has 1 aromatic rings. The zero-order valence-corrected chi connectivity index (χ0v) is 11.3. The lowest BCUT2D eigenvalue weighted by Crippen LogP contribution is -2.28. The van der Waals surface area contributed by atoms with Crippen LogP contribution in [0.25, 0.3) is 0 Å². The van der Waals surface area contributed by atoms with E-state index in [-0.39, 0.29) is 17.6 Å². The van der Waals surface area contributed by atoms with Crippen molar-refractivity contribution < 1.29 is 19.4 Å². The lowest BCUT2D eigenvalue weighted by atomic mass is 10.1. The Hall–Kier alpha value is -1.88. The van der Waals surface area contributed by atoms with Gasteiger partial charge in [0, 0.05) is 13.2 Å². The van der Waals surface area contributed by atoms with Crippen LogP contribution >= 0.6 is 0 Å². The van der Waals surface area contributed by atoms with E-state index in [1.807, 2.05) is 0 Å². The molecule has 1 aromatic carbocycles. The van der Waals surface area contributed by atoms with Crippen LogP contribution in [-0.4, -0.2) is 36.2 Å². The number of ether oxygens (including phenoxy) is 1. The quantitative estimate of drug-likeness (QED) is 0.828. The lowest BCUT2D eigenvalue weighted by molar-refractivity contribution is -0.123. The lowest BCUT2D eigenvalue weighted by Gasteiger charge is -2.09. The average Bonchev–Trinajstić information content (AvgIpc) is 2.92. The van der Waals surface area contributed by atoms with Gasteiger partial charge in [-0.05, 0) is 37.0 Å². The minimum atomic E-state index is -0.929. The van der Waals surface area contributed by atoms with Gasteiger partial charge >= 0.3 is 5.97 Å². The molecular formula is C15H19NO4. The van der Waals surface area contributed by atoms with Crippen LogP contribution in [0.2, 0.25) is 0 Å². The van der Waals surface area contributed by atoms with E-state index < -0.39 is 5.97 Å². The molecule has 1 aliphatic rings. The van der Waals surface area contributed by atoms with E-state index >= 15 is 0 Å². The summed E-state index contributed by atoms with van der Waals surface area (Å²) in [6.45, 7) is 1.31. The third-order valence-corrected chi connectivity index (χ3v) is 3.37. The fourth-order valence-electron chi connectivity index (χ4n) is 2.24. The molecule has 2 rings (SSSR count). The first kappa shape index (κ1) is 14.5. The highest BCUT2D eigenvalue weighted by Gasteiger charge is 2.18. The molecule has 0 aromatic heterocycles. The van der Waals surface area contributed by atoms with Gasteiger partial charge in [0.1, 0.15) is 0 Å². The van der Waals surface area contributed by atoms with Gasteiger partial charge in [0.05, 0.1) is 18.1 Å². The molecule has 1 heterocycles. The van der Waals surface area contributed by atoms with Gasteiger partial charge in [-0.15, -0.1) is 0 Å². The number of carbonyl (C=O) groups is 2. The Labute approximate surface area is 117 Å². The van der Waals surface area contributed by atoms with Crippen molar-refractivity contribution in [3.05, 3.63) is 35.4 Å². The van der Waals surface area contributed by atoms with E-state index in [4.69, 9.17) is 9.84 Å². The van der Waals surface area contributed by atoms with E-state index in [0.29, 0.717) is 19.4 Å². The third kappa shape index (κ3) is 4.35. The highest BCUT2D eigenvalue weighted by molar-refractivity contribution is 5.87. The van der Waals surface area contributed by atoms with Crippen LogP contribution in [0.3, 0.4) is 0 Å². The number of aromatic carboxylic acids is 1. The summed E-state index contributed by atoms with van der Waals surface area (Å²) in [7, 11) is 0. The molecule has 1 amide bonds. The van der Waals surface area contributed by atoms with Gasteiger partial charge in [0.25, 0.3) is 0 Å². The largest absolute Gasteiger partial charge is 0.478 e. The molecule has 5 nitrogen and oxygen atoms in total. The first-order valence-electron chi connectivity index (χ1n) is 6.85. The number of amides is 1. The zero-order chi connectivity index (χ0) is 14.4. The Morgan fingerprint density at radius 1 is 1.30 bits per heavy atom. The van der Waals surface area contributed by atoms with Crippen molar-refractivity contribution in [2.45, 2.75) is 31.8 Å². The summed E-state index contributed by atoms with van der Waals surface area (Å²) < 4.78 is 5.41. The van der Waals surface area contributed by atoms with Crippen LogP contribution in [0.4, 0.5) is 0 Å². The first-order chi connectivity index (χ1) is 9.65. The number of benzene rings is 1. The molecule has 1 saturated heterocycles. The summed E-state index contributed by atoms with van der Waals surface area (Å²) in [4.78, 5) is 22.4. The maximum Gasteiger partial charge on any atom is 0.335 e. The van der Waals surface area contributed by atoms with Gasteiger partial charge in [-0.3, -0.25) is 4.79 Å². The monoisotopic (exact) mass is 277 g/mol. The molecule has 20 heavy (non-hydrogen) atoms.